The van der Waals surface area contributed by atoms with Crippen molar-refractivity contribution in [3.8, 4) is 23.0 Å². The van der Waals surface area contributed by atoms with Crippen LogP contribution < -0.4 is 23.4 Å². The van der Waals surface area contributed by atoms with Crippen LogP contribution in [0.4, 0.5) is 5.69 Å². The van der Waals surface area contributed by atoms with Gasteiger partial charge in [0.25, 0.3) is 0 Å². The molecule has 4 aromatic rings. The Morgan fingerprint density at radius 2 is 0.974 bits per heavy atom. The van der Waals surface area contributed by atoms with E-state index in [0.717, 1.165) is 34.2 Å². The second-order valence-electron chi connectivity index (χ2n) is 10.4. The molecule has 0 fully saturated rings. The highest BCUT2D eigenvalue weighted by atomic mass is 16.7. The van der Waals surface area contributed by atoms with Crippen molar-refractivity contribution in [3.05, 3.63) is 114 Å². The molecule has 1 atom stereocenters. The van der Waals surface area contributed by atoms with Crippen LogP contribution in [-0.4, -0.2) is 14.4 Å². The molecular weight excluding hydrogens is 472 g/mol. The van der Waals surface area contributed by atoms with Gasteiger partial charge in [0, 0.05) is 5.69 Å². The molecule has 38 heavy (non-hydrogen) atoms. The first-order chi connectivity index (χ1) is 18.5. The second-order valence-corrected chi connectivity index (χ2v) is 10.4. The Kier molecular flexibility index (Phi) is 6.44. The molecule has 4 aromatic carbocycles. The lowest BCUT2D eigenvalue weighted by Crippen LogP contribution is -2.55. The molecule has 1 unspecified atom stereocenters. The van der Waals surface area contributed by atoms with Gasteiger partial charge in [0.15, 0.2) is 0 Å². The summed E-state index contributed by atoms with van der Waals surface area (Å²) in [4.78, 5) is 2.23. The molecule has 0 saturated carbocycles. The molecule has 0 aliphatic carbocycles. The van der Waals surface area contributed by atoms with Gasteiger partial charge in [-0.25, -0.2) is 0 Å². The number of hydrogen-bond acceptors (Lipinski definition) is 5. The molecule has 0 bridgehead atoms. The van der Waals surface area contributed by atoms with Crippen molar-refractivity contribution in [2.24, 2.45) is 0 Å². The zero-order valence-electron chi connectivity index (χ0n) is 22.2. The number of fused-ring (bicyclic) bond motifs is 2. The predicted octanol–water partition coefficient (Wildman–Crippen LogP) is 7.44. The van der Waals surface area contributed by atoms with E-state index < -0.39 is 14.4 Å². The zero-order chi connectivity index (χ0) is 26.2. The smallest absolute Gasteiger partial charge is 0.522 e. The maximum Gasteiger partial charge on any atom is 0.738 e. The molecule has 190 valence electrons. The first kappa shape index (κ1) is 24.4. The molecule has 5 nitrogen and oxygen atoms in total. The maximum atomic E-state index is 6.52. The number of benzene rings is 4. The topological polar surface area (TPSA) is 40.2 Å². The van der Waals surface area contributed by atoms with Crippen molar-refractivity contribution in [2.75, 3.05) is 4.81 Å². The van der Waals surface area contributed by atoms with E-state index in [4.69, 9.17) is 18.6 Å². The van der Waals surface area contributed by atoms with Crippen LogP contribution in [0.1, 0.15) is 62.2 Å². The van der Waals surface area contributed by atoms with Crippen LogP contribution in [0, 0.1) is 0 Å². The monoisotopic (exact) mass is 503 g/mol. The van der Waals surface area contributed by atoms with E-state index in [0.29, 0.717) is 0 Å². The van der Waals surface area contributed by atoms with Crippen molar-refractivity contribution in [2.45, 2.75) is 45.5 Å². The number of hydrogen-bond donors (Lipinski definition) is 0. The van der Waals surface area contributed by atoms with E-state index in [2.05, 4.69) is 62.8 Å². The molecule has 0 radical (unpaired) electrons. The average Bonchev–Trinajstić information content (AvgIpc) is 3.55. The third-order valence-electron chi connectivity index (χ3n) is 7.17. The Morgan fingerprint density at radius 1 is 0.526 bits per heavy atom. The van der Waals surface area contributed by atoms with Crippen molar-refractivity contribution in [3.63, 3.8) is 0 Å². The quantitative estimate of drug-likeness (QED) is 0.245. The SMILES string of the molecule is CC(C)c1cccc(C(C)C)c1N(B1Oc2ccccc2O1)C(B1Oc2ccccc2O1)c1ccccc1. The van der Waals surface area contributed by atoms with Crippen LogP contribution in [0.3, 0.4) is 0 Å². The lowest BCUT2D eigenvalue weighted by molar-refractivity contribution is 0.450. The summed E-state index contributed by atoms with van der Waals surface area (Å²) in [6.07, 6.45) is 0. The Hall–Kier alpha value is -3.99. The fourth-order valence-electron chi connectivity index (χ4n) is 5.33. The zero-order valence-corrected chi connectivity index (χ0v) is 22.2. The Labute approximate surface area is 225 Å². The van der Waals surface area contributed by atoms with Crippen LogP contribution in [0.25, 0.3) is 0 Å². The minimum Gasteiger partial charge on any atom is -0.522 e. The summed E-state index contributed by atoms with van der Waals surface area (Å²) in [5.74, 6) is 3.08. The van der Waals surface area contributed by atoms with Gasteiger partial charge in [0.2, 0.25) is 0 Å². The average molecular weight is 503 g/mol. The molecule has 0 spiro atoms. The van der Waals surface area contributed by atoms with E-state index in [1.165, 1.54) is 11.1 Å². The minimum atomic E-state index is -0.717. The van der Waals surface area contributed by atoms with Gasteiger partial charge < -0.3 is 23.4 Å². The fraction of sp³-hybridized carbons (Fsp3) is 0.226. The standard InChI is InChI=1S/C31H31B2NO4/c1-21(2)24-15-12-16-25(22(3)4)30(24)34(33-37-28-19-10-11-20-29(28)38-33)31(23-13-6-5-7-14-23)32-35-26-17-8-9-18-27(26)36-32/h5-22,31H,1-4H3. The summed E-state index contributed by atoms with van der Waals surface area (Å²) < 4.78 is 26.0. The summed E-state index contributed by atoms with van der Waals surface area (Å²) in [5, 5.41) is 0. The van der Waals surface area contributed by atoms with E-state index in [-0.39, 0.29) is 17.8 Å². The summed E-state index contributed by atoms with van der Waals surface area (Å²) in [6, 6.07) is 32.5. The normalized spacial score (nSPS) is 14.4. The first-order valence-corrected chi connectivity index (χ1v) is 13.3. The van der Waals surface area contributed by atoms with Gasteiger partial charge >= 0.3 is 14.4 Å². The van der Waals surface area contributed by atoms with Gasteiger partial charge in [-0.3, -0.25) is 0 Å². The van der Waals surface area contributed by atoms with Crippen LogP contribution in [0.5, 0.6) is 23.0 Å². The van der Waals surface area contributed by atoms with Crippen molar-refractivity contribution in [1.82, 2.24) is 0 Å². The Bertz CT molecular complexity index is 1350. The number of para-hydroxylation sites is 5. The molecule has 0 saturated heterocycles. The first-order valence-electron chi connectivity index (χ1n) is 13.3. The van der Waals surface area contributed by atoms with Crippen LogP contribution >= 0.6 is 0 Å². The lowest BCUT2D eigenvalue weighted by atomic mass is 9.69. The minimum absolute atomic E-state index is 0.272. The van der Waals surface area contributed by atoms with Gasteiger partial charge in [0.1, 0.15) is 28.9 Å². The molecule has 0 N–H and O–H groups in total. The number of rotatable bonds is 7. The molecule has 7 heteroatoms. The summed E-state index contributed by atoms with van der Waals surface area (Å²) in [7, 11) is -1.34. The molecule has 0 amide bonds. The molecule has 2 aliphatic heterocycles. The summed E-state index contributed by atoms with van der Waals surface area (Å²) in [5.41, 5.74) is 4.57. The second kappa shape index (κ2) is 10.1. The molecule has 2 aliphatic rings. The van der Waals surface area contributed by atoms with Crippen LogP contribution in [0.2, 0.25) is 0 Å². The third kappa shape index (κ3) is 4.36. The number of nitrogens with zero attached hydrogens (tertiary/aromatic N) is 1. The molecule has 0 aromatic heterocycles. The van der Waals surface area contributed by atoms with Crippen molar-refractivity contribution < 1.29 is 18.6 Å². The summed E-state index contributed by atoms with van der Waals surface area (Å²) >= 11 is 0. The number of anilines is 1. The Morgan fingerprint density at radius 3 is 1.45 bits per heavy atom. The molecule has 6 rings (SSSR count). The highest BCUT2D eigenvalue weighted by Gasteiger charge is 2.53. The van der Waals surface area contributed by atoms with Crippen LogP contribution in [-0.2, 0) is 0 Å². The molecule has 2 heterocycles. The highest BCUT2D eigenvalue weighted by Crippen LogP contribution is 2.46. The van der Waals surface area contributed by atoms with Crippen LogP contribution in [0.15, 0.2) is 97.1 Å². The van der Waals surface area contributed by atoms with Crippen molar-refractivity contribution >= 4 is 20.1 Å². The highest BCUT2D eigenvalue weighted by molar-refractivity contribution is 6.59. The van der Waals surface area contributed by atoms with Gasteiger partial charge in [-0.05, 0) is 52.8 Å². The predicted molar refractivity (Wildman–Crippen MR) is 153 cm³/mol. The van der Waals surface area contributed by atoms with Gasteiger partial charge in [-0.2, -0.15) is 0 Å². The largest absolute Gasteiger partial charge is 0.738 e. The third-order valence-corrected chi connectivity index (χ3v) is 7.17. The van der Waals surface area contributed by atoms with E-state index in [1.807, 2.05) is 66.7 Å². The van der Waals surface area contributed by atoms with E-state index in [1.54, 1.807) is 0 Å². The fourth-order valence-corrected chi connectivity index (χ4v) is 5.33. The van der Waals surface area contributed by atoms with Gasteiger partial charge in [-0.15, -0.1) is 0 Å². The van der Waals surface area contributed by atoms with E-state index in [9.17, 15) is 0 Å². The Balaban J connectivity index is 1.56. The van der Waals surface area contributed by atoms with E-state index >= 15 is 0 Å². The lowest BCUT2D eigenvalue weighted by Gasteiger charge is -2.37. The van der Waals surface area contributed by atoms with Gasteiger partial charge in [0.05, 0.1) is 0 Å². The van der Waals surface area contributed by atoms with Crippen molar-refractivity contribution in [1.29, 1.82) is 0 Å². The van der Waals surface area contributed by atoms with Gasteiger partial charge in [-0.1, -0.05) is 100 Å². The maximum absolute atomic E-state index is 6.52. The summed E-state index contributed by atoms with van der Waals surface area (Å²) in [6.45, 7) is 8.90. The molecular formula is C31H31B2NO4.